The molecule has 0 aliphatic carbocycles. The highest BCUT2D eigenvalue weighted by molar-refractivity contribution is 5.30. The number of nitrogens with zero attached hydrogens (tertiary/aromatic N) is 1. The van der Waals surface area contributed by atoms with Crippen molar-refractivity contribution in [1.82, 2.24) is 10.2 Å². The zero-order chi connectivity index (χ0) is 15.5. The van der Waals surface area contributed by atoms with Gasteiger partial charge in [0.05, 0.1) is 5.56 Å². The molecule has 1 atom stereocenters. The largest absolute Gasteiger partial charge is 0.416 e. The Kier molecular flexibility index (Phi) is 5.00. The summed E-state index contributed by atoms with van der Waals surface area (Å²) in [5.41, 5.74) is -0.727. The summed E-state index contributed by atoms with van der Waals surface area (Å²) in [4.78, 5) is 2.00. The molecule has 0 amide bonds. The van der Waals surface area contributed by atoms with E-state index in [9.17, 15) is 17.6 Å². The number of rotatable bonds is 4. The molecule has 0 spiro atoms. The first-order valence-electron chi connectivity index (χ1n) is 6.86. The Morgan fingerprint density at radius 1 is 1.29 bits per heavy atom. The SMILES string of the molecule is C=CC[C@H](c1cc(C(F)(F)F)ccc1F)N1CCNCC1. The van der Waals surface area contributed by atoms with E-state index >= 15 is 0 Å². The topological polar surface area (TPSA) is 15.3 Å². The van der Waals surface area contributed by atoms with Gasteiger partial charge in [0.2, 0.25) is 0 Å². The Bertz CT molecular complexity index is 493. The average Bonchev–Trinajstić information content (AvgIpc) is 2.45. The van der Waals surface area contributed by atoms with Crippen LogP contribution in [0.25, 0.3) is 0 Å². The summed E-state index contributed by atoms with van der Waals surface area (Å²) in [6.07, 6.45) is -2.44. The number of piperazine rings is 1. The minimum absolute atomic E-state index is 0.0895. The van der Waals surface area contributed by atoms with Crippen LogP contribution in [-0.4, -0.2) is 31.1 Å². The lowest BCUT2D eigenvalue weighted by Gasteiger charge is -2.35. The third-order valence-electron chi connectivity index (χ3n) is 3.66. The first-order chi connectivity index (χ1) is 9.93. The van der Waals surface area contributed by atoms with Crippen LogP contribution in [0.15, 0.2) is 30.9 Å². The molecule has 1 aromatic rings. The molecule has 0 unspecified atom stereocenters. The van der Waals surface area contributed by atoms with Crippen molar-refractivity contribution in [2.45, 2.75) is 18.6 Å². The van der Waals surface area contributed by atoms with Gasteiger partial charge in [0.25, 0.3) is 0 Å². The van der Waals surface area contributed by atoms with Gasteiger partial charge in [-0.1, -0.05) is 6.08 Å². The van der Waals surface area contributed by atoms with Crippen LogP contribution < -0.4 is 5.32 Å². The third-order valence-corrected chi connectivity index (χ3v) is 3.66. The summed E-state index contributed by atoms with van der Waals surface area (Å²) >= 11 is 0. The van der Waals surface area contributed by atoms with Gasteiger partial charge in [0.15, 0.2) is 0 Å². The van der Waals surface area contributed by atoms with Crippen molar-refractivity contribution in [3.63, 3.8) is 0 Å². The van der Waals surface area contributed by atoms with Gasteiger partial charge >= 0.3 is 6.18 Å². The monoisotopic (exact) mass is 302 g/mol. The summed E-state index contributed by atoms with van der Waals surface area (Å²) in [5, 5.41) is 3.17. The second-order valence-corrected chi connectivity index (χ2v) is 5.06. The lowest BCUT2D eigenvalue weighted by Crippen LogP contribution is -2.45. The van der Waals surface area contributed by atoms with Gasteiger partial charge in [0.1, 0.15) is 5.82 Å². The maximum atomic E-state index is 14.0. The Labute approximate surface area is 121 Å². The van der Waals surface area contributed by atoms with Gasteiger partial charge < -0.3 is 5.32 Å². The van der Waals surface area contributed by atoms with Gasteiger partial charge in [-0.25, -0.2) is 4.39 Å². The predicted molar refractivity (Wildman–Crippen MR) is 73.4 cm³/mol. The number of alkyl halides is 3. The molecule has 116 valence electrons. The molecule has 1 heterocycles. The number of nitrogens with one attached hydrogen (secondary N) is 1. The zero-order valence-corrected chi connectivity index (χ0v) is 11.6. The van der Waals surface area contributed by atoms with Crippen LogP contribution in [0.1, 0.15) is 23.6 Å². The van der Waals surface area contributed by atoms with E-state index in [4.69, 9.17) is 0 Å². The smallest absolute Gasteiger partial charge is 0.314 e. The summed E-state index contributed by atoms with van der Waals surface area (Å²) in [6, 6.07) is 2.19. The van der Waals surface area contributed by atoms with Crippen LogP contribution in [0.3, 0.4) is 0 Å². The van der Waals surface area contributed by atoms with Crippen LogP contribution in [0.5, 0.6) is 0 Å². The van der Waals surface area contributed by atoms with E-state index in [-0.39, 0.29) is 5.56 Å². The van der Waals surface area contributed by atoms with Gasteiger partial charge in [-0.3, -0.25) is 4.90 Å². The molecule has 0 bridgehead atoms. The normalized spacial score (nSPS) is 18.5. The molecule has 0 radical (unpaired) electrons. The molecule has 21 heavy (non-hydrogen) atoms. The summed E-state index contributed by atoms with van der Waals surface area (Å²) in [7, 11) is 0. The van der Waals surface area contributed by atoms with Crippen molar-refractivity contribution in [3.05, 3.63) is 47.8 Å². The first kappa shape index (κ1) is 16.0. The molecule has 1 aliphatic rings. The fourth-order valence-electron chi connectivity index (χ4n) is 2.60. The summed E-state index contributed by atoms with van der Waals surface area (Å²) in [5.74, 6) is -0.603. The van der Waals surface area contributed by atoms with Crippen molar-refractivity contribution in [3.8, 4) is 0 Å². The Hall–Kier alpha value is -1.40. The molecule has 6 heteroatoms. The molecular weight excluding hydrogens is 284 g/mol. The third kappa shape index (κ3) is 3.83. The fourth-order valence-corrected chi connectivity index (χ4v) is 2.60. The van der Waals surface area contributed by atoms with Crippen LogP contribution in [0, 0.1) is 5.82 Å². The number of hydrogen-bond acceptors (Lipinski definition) is 2. The highest BCUT2D eigenvalue weighted by Gasteiger charge is 2.33. The van der Waals surface area contributed by atoms with E-state index in [1.807, 2.05) is 4.90 Å². The van der Waals surface area contributed by atoms with Gasteiger partial charge in [-0.05, 0) is 24.6 Å². The van der Waals surface area contributed by atoms with Crippen LogP contribution >= 0.6 is 0 Å². The van der Waals surface area contributed by atoms with E-state index in [2.05, 4.69) is 11.9 Å². The van der Waals surface area contributed by atoms with Crippen molar-refractivity contribution < 1.29 is 17.6 Å². The second-order valence-electron chi connectivity index (χ2n) is 5.06. The minimum Gasteiger partial charge on any atom is -0.314 e. The minimum atomic E-state index is -4.47. The number of hydrogen-bond donors (Lipinski definition) is 1. The Morgan fingerprint density at radius 3 is 2.52 bits per heavy atom. The molecule has 0 aromatic heterocycles. The molecule has 0 saturated carbocycles. The fraction of sp³-hybridized carbons (Fsp3) is 0.467. The molecular formula is C15H18F4N2. The van der Waals surface area contributed by atoms with E-state index < -0.39 is 23.6 Å². The molecule has 1 N–H and O–H groups in total. The van der Waals surface area contributed by atoms with Crippen molar-refractivity contribution in [2.75, 3.05) is 26.2 Å². The molecule has 1 saturated heterocycles. The maximum Gasteiger partial charge on any atom is 0.416 e. The highest BCUT2D eigenvalue weighted by atomic mass is 19.4. The van der Waals surface area contributed by atoms with Gasteiger partial charge in [-0.15, -0.1) is 6.58 Å². The molecule has 1 aliphatic heterocycles. The lowest BCUT2D eigenvalue weighted by molar-refractivity contribution is -0.137. The zero-order valence-electron chi connectivity index (χ0n) is 11.6. The van der Waals surface area contributed by atoms with E-state index in [1.165, 1.54) is 0 Å². The van der Waals surface area contributed by atoms with Gasteiger partial charge in [-0.2, -0.15) is 13.2 Å². The van der Waals surface area contributed by atoms with Crippen molar-refractivity contribution in [2.24, 2.45) is 0 Å². The lowest BCUT2D eigenvalue weighted by atomic mass is 9.98. The van der Waals surface area contributed by atoms with E-state index in [0.717, 1.165) is 31.3 Å². The molecule has 1 aromatic carbocycles. The first-order valence-corrected chi connectivity index (χ1v) is 6.86. The number of halogens is 4. The van der Waals surface area contributed by atoms with Crippen LogP contribution in [-0.2, 0) is 6.18 Å². The average molecular weight is 302 g/mol. The Balaban J connectivity index is 2.36. The Morgan fingerprint density at radius 2 is 1.95 bits per heavy atom. The maximum absolute atomic E-state index is 14.0. The molecule has 2 rings (SSSR count). The predicted octanol–water partition coefficient (Wildman–Crippen LogP) is 3.37. The van der Waals surface area contributed by atoms with Crippen molar-refractivity contribution >= 4 is 0 Å². The van der Waals surface area contributed by atoms with E-state index in [1.54, 1.807) is 6.08 Å². The number of benzene rings is 1. The molecule has 2 nitrogen and oxygen atoms in total. The quantitative estimate of drug-likeness (QED) is 0.677. The van der Waals surface area contributed by atoms with Crippen molar-refractivity contribution in [1.29, 1.82) is 0 Å². The molecule has 1 fully saturated rings. The highest BCUT2D eigenvalue weighted by Crippen LogP contribution is 2.34. The standard InChI is InChI=1S/C15H18F4N2/c1-2-3-14(21-8-6-20-7-9-21)12-10-11(15(17,18)19)4-5-13(12)16/h2,4-5,10,14,20H,1,3,6-9H2/t14-/m1/s1. The summed E-state index contributed by atoms with van der Waals surface area (Å²) < 4.78 is 52.5. The second kappa shape index (κ2) is 6.58. The summed E-state index contributed by atoms with van der Waals surface area (Å²) in [6.45, 7) is 6.47. The van der Waals surface area contributed by atoms with Gasteiger partial charge in [0, 0.05) is 37.8 Å². The van der Waals surface area contributed by atoms with E-state index in [0.29, 0.717) is 19.5 Å². The van der Waals surface area contributed by atoms with Crippen LogP contribution in [0.4, 0.5) is 17.6 Å². The van der Waals surface area contributed by atoms with Crippen LogP contribution in [0.2, 0.25) is 0 Å².